The van der Waals surface area contributed by atoms with Crippen LogP contribution < -0.4 is 0 Å². The number of fused-ring (bicyclic) bond motifs is 5. The summed E-state index contributed by atoms with van der Waals surface area (Å²) in [5.74, 6) is 3.87. The van der Waals surface area contributed by atoms with Gasteiger partial charge in [-0.15, -0.1) is 0 Å². The van der Waals surface area contributed by atoms with Crippen molar-refractivity contribution in [1.29, 1.82) is 0 Å². The molecule has 0 aromatic rings. The van der Waals surface area contributed by atoms with Crippen molar-refractivity contribution in [2.24, 2.45) is 40.4 Å². The standard InChI is InChI=1S/C31H48O5/c1-20(32)35-22-15-17-30(5)21(19-22)11-12-23-24-13-14-26(31(24,6)18-16-25(23)30)27(34-7)9-8-10-28(33)36-29(2,3)4/h8-10,21-26H,11-19H2,1-7H3/b10-8+,27-9-. The number of esters is 2. The highest BCUT2D eigenvalue weighted by molar-refractivity contribution is 5.82. The summed E-state index contributed by atoms with van der Waals surface area (Å²) in [5, 5.41) is 0. The van der Waals surface area contributed by atoms with Crippen molar-refractivity contribution in [3.8, 4) is 0 Å². The van der Waals surface area contributed by atoms with Gasteiger partial charge in [-0.05, 0) is 119 Å². The van der Waals surface area contributed by atoms with Gasteiger partial charge in [0.05, 0.1) is 12.9 Å². The highest BCUT2D eigenvalue weighted by Crippen LogP contribution is 2.68. The van der Waals surface area contributed by atoms with Crippen LogP contribution in [0, 0.1) is 40.4 Å². The summed E-state index contributed by atoms with van der Waals surface area (Å²) in [5.41, 5.74) is 0.116. The molecular weight excluding hydrogens is 452 g/mol. The van der Waals surface area contributed by atoms with Crippen LogP contribution >= 0.6 is 0 Å². The van der Waals surface area contributed by atoms with Gasteiger partial charge in [-0.3, -0.25) is 4.79 Å². The van der Waals surface area contributed by atoms with E-state index in [0.29, 0.717) is 17.3 Å². The molecule has 4 fully saturated rings. The van der Waals surface area contributed by atoms with Crippen molar-refractivity contribution < 1.29 is 23.8 Å². The van der Waals surface area contributed by atoms with Gasteiger partial charge >= 0.3 is 11.9 Å². The second-order valence-electron chi connectivity index (χ2n) is 13.5. The van der Waals surface area contributed by atoms with Gasteiger partial charge in [0.1, 0.15) is 11.7 Å². The third-order valence-corrected chi connectivity index (χ3v) is 10.4. The lowest BCUT2D eigenvalue weighted by atomic mass is 9.44. The summed E-state index contributed by atoms with van der Waals surface area (Å²) >= 11 is 0. The zero-order valence-corrected chi connectivity index (χ0v) is 23.6. The molecule has 202 valence electrons. The Balaban J connectivity index is 1.47. The van der Waals surface area contributed by atoms with E-state index in [1.165, 1.54) is 44.6 Å². The minimum Gasteiger partial charge on any atom is -0.501 e. The molecule has 0 N–H and O–H groups in total. The fourth-order valence-corrected chi connectivity index (χ4v) is 8.91. The van der Waals surface area contributed by atoms with E-state index < -0.39 is 5.60 Å². The first-order valence-electron chi connectivity index (χ1n) is 14.2. The predicted molar refractivity (Wildman–Crippen MR) is 141 cm³/mol. The van der Waals surface area contributed by atoms with Gasteiger partial charge in [-0.1, -0.05) is 19.9 Å². The molecule has 4 aliphatic rings. The van der Waals surface area contributed by atoms with Gasteiger partial charge in [0.15, 0.2) is 0 Å². The predicted octanol–water partition coefficient (Wildman–Crippen LogP) is 7.01. The van der Waals surface area contributed by atoms with E-state index in [-0.39, 0.29) is 23.5 Å². The van der Waals surface area contributed by atoms with Crippen molar-refractivity contribution in [3.05, 3.63) is 24.0 Å². The maximum absolute atomic E-state index is 12.1. The van der Waals surface area contributed by atoms with Crippen LogP contribution in [-0.2, 0) is 23.8 Å². The highest BCUT2D eigenvalue weighted by Gasteiger charge is 2.61. The Labute approximate surface area is 218 Å². The average molecular weight is 501 g/mol. The van der Waals surface area contributed by atoms with Crippen LogP contribution in [0.2, 0.25) is 0 Å². The van der Waals surface area contributed by atoms with Crippen LogP contribution in [0.25, 0.3) is 0 Å². The average Bonchev–Trinajstić information content (AvgIpc) is 3.12. The van der Waals surface area contributed by atoms with E-state index in [0.717, 1.165) is 42.8 Å². The number of carbonyl (C=O) groups is 2. The molecule has 0 aromatic heterocycles. The topological polar surface area (TPSA) is 61.8 Å². The van der Waals surface area contributed by atoms with E-state index in [4.69, 9.17) is 14.2 Å². The quantitative estimate of drug-likeness (QED) is 0.176. The Morgan fingerprint density at radius 1 is 0.917 bits per heavy atom. The minimum absolute atomic E-state index is 0.116. The molecular formula is C31H48O5. The van der Waals surface area contributed by atoms with Gasteiger partial charge in [0.2, 0.25) is 0 Å². The van der Waals surface area contributed by atoms with E-state index >= 15 is 0 Å². The molecule has 8 unspecified atom stereocenters. The van der Waals surface area contributed by atoms with Crippen LogP contribution in [0.15, 0.2) is 24.0 Å². The first-order valence-corrected chi connectivity index (χ1v) is 14.2. The Kier molecular flexibility index (Phi) is 7.70. The van der Waals surface area contributed by atoms with Crippen molar-refractivity contribution in [1.82, 2.24) is 0 Å². The number of hydrogen-bond donors (Lipinski definition) is 0. The molecule has 0 saturated heterocycles. The smallest absolute Gasteiger partial charge is 0.331 e. The second-order valence-corrected chi connectivity index (χ2v) is 13.5. The maximum Gasteiger partial charge on any atom is 0.331 e. The van der Waals surface area contributed by atoms with Crippen LogP contribution in [0.3, 0.4) is 0 Å². The van der Waals surface area contributed by atoms with Crippen molar-refractivity contribution >= 4 is 11.9 Å². The van der Waals surface area contributed by atoms with E-state index in [9.17, 15) is 9.59 Å². The molecule has 5 nitrogen and oxygen atoms in total. The number of ether oxygens (including phenoxy) is 3. The molecule has 0 aromatic carbocycles. The summed E-state index contributed by atoms with van der Waals surface area (Å²) in [6.07, 6.45) is 16.1. The normalized spacial score (nSPS) is 40.7. The van der Waals surface area contributed by atoms with E-state index in [2.05, 4.69) is 13.8 Å². The molecule has 0 heterocycles. The second kappa shape index (κ2) is 10.2. The third kappa shape index (κ3) is 5.27. The van der Waals surface area contributed by atoms with E-state index in [1.54, 1.807) is 20.1 Å². The molecule has 8 atom stereocenters. The number of hydrogen-bond acceptors (Lipinski definition) is 5. The molecule has 5 heteroatoms. The number of carbonyl (C=O) groups excluding carboxylic acids is 2. The molecule has 0 radical (unpaired) electrons. The lowest BCUT2D eigenvalue weighted by Gasteiger charge is -2.61. The Hall–Kier alpha value is -1.78. The number of rotatable bonds is 5. The summed E-state index contributed by atoms with van der Waals surface area (Å²) in [6, 6.07) is 0. The van der Waals surface area contributed by atoms with Crippen LogP contribution in [0.4, 0.5) is 0 Å². The van der Waals surface area contributed by atoms with Gasteiger partial charge < -0.3 is 14.2 Å². The van der Waals surface area contributed by atoms with E-state index in [1.807, 2.05) is 26.8 Å². The SMILES string of the molecule is CO/C(=C\C=C\C(=O)OC(C)(C)C)C1CCC2C3CCC4CC(OC(C)=O)CCC4(C)C3CCC12C. The summed E-state index contributed by atoms with van der Waals surface area (Å²) in [6.45, 7) is 12.2. The lowest BCUT2D eigenvalue weighted by molar-refractivity contribution is -0.160. The molecule has 0 spiro atoms. The Morgan fingerprint density at radius 3 is 2.28 bits per heavy atom. The van der Waals surface area contributed by atoms with Crippen LogP contribution in [-0.4, -0.2) is 30.8 Å². The first-order chi connectivity index (χ1) is 16.9. The molecule has 0 aliphatic heterocycles. The molecule has 4 saturated carbocycles. The first kappa shape index (κ1) is 27.3. The Bertz CT molecular complexity index is 897. The summed E-state index contributed by atoms with van der Waals surface area (Å²) in [4.78, 5) is 23.7. The fraction of sp³-hybridized carbons (Fsp3) is 0.806. The highest BCUT2D eigenvalue weighted by atomic mass is 16.6. The third-order valence-electron chi connectivity index (χ3n) is 10.4. The summed E-state index contributed by atoms with van der Waals surface area (Å²) in [7, 11) is 1.77. The molecule has 0 bridgehead atoms. The largest absolute Gasteiger partial charge is 0.501 e. The summed E-state index contributed by atoms with van der Waals surface area (Å²) < 4.78 is 17.0. The van der Waals surface area contributed by atoms with Crippen molar-refractivity contribution in [2.45, 2.75) is 111 Å². The maximum atomic E-state index is 12.1. The molecule has 0 amide bonds. The van der Waals surface area contributed by atoms with Crippen molar-refractivity contribution in [2.75, 3.05) is 7.11 Å². The van der Waals surface area contributed by atoms with Gasteiger partial charge in [0.25, 0.3) is 0 Å². The number of allylic oxidation sites excluding steroid dienone is 3. The monoisotopic (exact) mass is 500 g/mol. The van der Waals surface area contributed by atoms with Gasteiger partial charge in [0, 0.05) is 18.9 Å². The number of methoxy groups -OCH3 is 1. The molecule has 36 heavy (non-hydrogen) atoms. The van der Waals surface area contributed by atoms with Gasteiger partial charge in [-0.25, -0.2) is 4.79 Å². The van der Waals surface area contributed by atoms with Crippen molar-refractivity contribution in [3.63, 3.8) is 0 Å². The van der Waals surface area contributed by atoms with Gasteiger partial charge in [-0.2, -0.15) is 0 Å². The zero-order valence-electron chi connectivity index (χ0n) is 23.6. The van der Waals surface area contributed by atoms with Crippen LogP contribution in [0.5, 0.6) is 0 Å². The van der Waals surface area contributed by atoms with Crippen LogP contribution in [0.1, 0.15) is 99.3 Å². The lowest BCUT2D eigenvalue weighted by Crippen LogP contribution is -2.54. The fourth-order valence-electron chi connectivity index (χ4n) is 8.91. The molecule has 4 rings (SSSR count). The minimum atomic E-state index is -0.491. The molecule has 4 aliphatic carbocycles. The Morgan fingerprint density at radius 2 is 1.61 bits per heavy atom. The zero-order chi connectivity index (χ0) is 26.3.